The lowest BCUT2D eigenvalue weighted by atomic mass is 10.1. The van der Waals surface area contributed by atoms with Gasteiger partial charge < -0.3 is 9.88 Å². The number of amides is 1. The highest BCUT2D eigenvalue weighted by Crippen LogP contribution is 2.39. The van der Waals surface area contributed by atoms with Gasteiger partial charge >= 0.3 is 0 Å². The Bertz CT molecular complexity index is 416. The van der Waals surface area contributed by atoms with E-state index in [4.69, 9.17) is 0 Å². The van der Waals surface area contributed by atoms with Gasteiger partial charge in [0.25, 0.3) is 0 Å². The van der Waals surface area contributed by atoms with E-state index in [0.29, 0.717) is 13.0 Å². The molecule has 0 unspecified atom stereocenters. The molecule has 2 rings (SSSR count). The van der Waals surface area contributed by atoms with Gasteiger partial charge in [-0.2, -0.15) is 0 Å². The number of imidazole rings is 1. The van der Waals surface area contributed by atoms with Crippen LogP contribution in [0.4, 0.5) is 0 Å². The minimum atomic E-state index is 0.177. The number of nitrogens with one attached hydrogen (secondary N) is 1. The number of hydrogen-bond acceptors (Lipinski definition) is 4. The van der Waals surface area contributed by atoms with Crippen LogP contribution in [0.1, 0.15) is 37.9 Å². The van der Waals surface area contributed by atoms with Crippen LogP contribution >= 0.6 is 21.6 Å². The second kappa shape index (κ2) is 8.62. The van der Waals surface area contributed by atoms with E-state index in [-0.39, 0.29) is 5.91 Å². The van der Waals surface area contributed by atoms with Gasteiger partial charge in [-0.05, 0) is 26.2 Å². The van der Waals surface area contributed by atoms with Crippen LogP contribution in [0.15, 0.2) is 12.4 Å². The van der Waals surface area contributed by atoms with Crippen LogP contribution in [0.2, 0.25) is 0 Å². The van der Waals surface area contributed by atoms with Gasteiger partial charge in [0.15, 0.2) is 0 Å². The molecule has 0 aliphatic carbocycles. The first-order valence-corrected chi connectivity index (χ1v) is 9.66. The third kappa shape index (κ3) is 5.40. The molecule has 1 aromatic rings. The van der Waals surface area contributed by atoms with E-state index in [1.54, 1.807) is 6.20 Å². The Labute approximate surface area is 128 Å². The molecule has 0 aromatic carbocycles. The number of nitrogens with zero attached hydrogens (tertiary/aromatic N) is 2. The summed E-state index contributed by atoms with van der Waals surface area (Å²) in [5.74, 6) is 2.46. The van der Waals surface area contributed by atoms with E-state index in [1.165, 1.54) is 25.0 Å². The average Bonchev–Trinajstić information content (AvgIpc) is 3.07. The van der Waals surface area contributed by atoms with Crippen molar-refractivity contribution < 1.29 is 4.79 Å². The summed E-state index contributed by atoms with van der Waals surface area (Å²) >= 11 is 0. The van der Waals surface area contributed by atoms with Crippen molar-refractivity contribution in [2.75, 3.05) is 12.3 Å². The summed E-state index contributed by atoms with van der Waals surface area (Å²) < 4.78 is 2.05. The van der Waals surface area contributed by atoms with Crippen molar-refractivity contribution >= 4 is 27.5 Å². The lowest BCUT2D eigenvalue weighted by Gasteiger charge is -2.08. The normalized spacial score (nSPS) is 18.4. The number of aryl methyl sites for hydroxylation is 1. The van der Waals surface area contributed by atoms with Gasteiger partial charge in [-0.25, -0.2) is 4.98 Å². The Morgan fingerprint density at radius 2 is 2.45 bits per heavy atom. The van der Waals surface area contributed by atoms with Crippen LogP contribution in [-0.4, -0.2) is 33.0 Å². The number of aromatic nitrogens is 2. The van der Waals surface area contributed by atoms with Crippen molar-refractivity contribution in [3.05, 3.63) is 18.2 Å². The molecule has 4 nitrogen and oxygen atoms in total. The first-order valence-electron chi connectivity index (χ1n) is 7.28. The SMILES string of the molecule is Cc1nccn1CCNC(=O)CCCC[C@H]1CCSS1. The van der Waals surface area contributed by atoms with Gasteiger partial charge in [-0.3, -0.25) is 4.79 Å². The van der Waals surface area contributed by atoms with Crippen LogP contribution in [0, 0.1) is 6.92 Å². The molecule has 20 heavy (non-hydrogen) atoms. The standard InChI is InChI=1S/C14H23N3OS2/c1-12-15-7-9-17(12)10-8-16-14(18)5-3-2-4-13-6-11-19-20-13/h7,9,13H,2-6,8,10-11H2,1H3,(H,16,18)/t13-/m0/s1. The monoisotopic (exact) mass is 313 g/mol. The zero-order chi connectivity index (χ0) is 14.2. The molecule has 1 atom stereocenters. The van der Waals surface area contributed by atoms with Gasteiger partial charge in [0.1, 0.15) is 5.82 Å². The maximum Gasteiger partial charge on any atom is 0.220 e. The van der Waals surface area contributed by atoms with Gasteiger partial charge in [-0.1, -0.05) is 28.0 Å². The van der Waals surface area contributed by atoms with Crippen molar-refractivity contribution in [2.45, 2.75) is 50.8 Å². The quantitative estimate of drug-likeness (QED) is 0.592. The molecule has 1 aliphatic rings. The summed E-state index contributed by atoms with van der Waals surface area (Å²) in [6, 6.07) is 0. The summed E-state index contributed by atoms with van der Waals surface area (Å²) in [5, 5.41) is 3.81. The molecular formula is C14H23N3OS2. The maximum atomic E-state index is 11.7. The fourth-order valence-electron chi connectivity index (χ4n) is 2.27. The van der Waals surface area contributed by atoms with Gasteiger partial charge in [0, 0.05) is 42.9 Å². The van der Waals surface area contributed by atoms with Gasteiger partial charge in [0.2, 0.25) is 5.91 Å². The largest absolute Gasteiger partial charge is 0.354 e. The van der Waals surface area contributed by atoms with E-state index >= 15 is 0 Å². The topological polar surface area (TPSA) is 46.9 Å². The van der Waals surface area contributed by atoms with Crippen LogP contribution < -0.4 is 5.32 Å². The molecule has 1 aromatic heterocycles. The van der Waals surface area contributed by atoms with Gasteiger partial charge in [0.05, 0.1) is 0 Å². The van der Waals surface area contributed by atoms with E-state index < -0.39 is 0 Å². The predicted molar refractivity (Wildman–Crippen MR) is 86.9 cm³/mol. The first kappa shape index (κ1) is 15.8. The van der Waals surface area contributed by atoms with Crippen molar-refractivity contribution in [3.63, 3.8) is 0 Å². The summed E-state index contributed by atoms with van der Waals surface area (Å²) in [6.07, 6.45) is 9.18. The zero-order valence-corrected chi connectivity index (χ0v) is 13.6. The number of unbranched alkanes of at least 4 members (excludes halogenated alkanes) is 1. The molecule has 1 N–H and O–H groups in total. The highest BCUT2D eigenvalue weighted by Gasteiger charge is 2.15. The molecule has 0 saturated carbocycles. The Hall–Kier alpha value is -0.620. The van der Waals surface area contributed by atoms with E-state index in [1.807, 2.05) is 34.7 Å². The minimum absolute atomic E-state index is 0.177. The number of rotatable bonds is 8. The Balaban J connectivity index is 1.49. The Kier molecular flexibility index (Phi) is 6.79. The first-order chi connectivity index (χ1) is 9.75. The fourth-order valence-corrected chi connectivity index (χ4v) is 5.29. The predicted octanol–water partition coefficient (Wildman–Crippen LogP) is 3.02. The highest BCUT2D eigenvalue weighted by atomic mass is 33.1. The third-order valence-corrected chi connectivity index (χ3v) is 6.51. The van der Waals surface area contributed by atoms with Crippen LogP contribution in [0.5, 0.6) is 0 Å². The maximum absolute atomic E-state index is 11.7. The third-order valence-electron chi connectivity index (χ3n) is 3.51. The smallest absolute Gasteiger partial charge is 0.220 e. The molecule has 0 radical (unpaired) electrons. The molecule has 1 amide bonds. The molecule has 2 heterocycles. The van der Waals surface area contributed by atoms with Crippen LogP contribution in [0.3, 0.4) is 0 Å². The van der Waals surface area contributed by atoms with Crippen LogP contribution in [-0.2, 0) is 11.3 Å². The minimum Gasteiger partial charge on any atom is -0.354 e. The van der Waals surface area contributed by atoms with E-state index in [0.717, 1.165) is 24.0 Å². The second-order valence-electron chi connectivity index (χ2n) is 5.09. The zero-order valence-electron chi connectivity index (χ0n) is 12.0. The van der Waals surface area contributed by atoms with Crippen molar-refractivity contribution in [1.82, 2.24) is 14.9 Å². The van der Waals surface area contributed by atoms with E-state index in [2.05, 4.69) is 14.9 Å². The second-order valence-corrected chi connectivity index (χ2v) is 7.88. The van der Waals surface area contributed by atoms with E-state index in [9.17, 15) is 4.79 Å². The average molecular weight is 313 g/mol. The summed E-state index contributed by atoms with van der Waals surface area (Å²) in [7, 11) is 4.01. The fraction of sp³-hybridized carbons (Fsp3) is 0.714. The summed E-state index contributed by atoms with van der Waals surface area (Å²) in [6.45, 7) is 3.46. The Morgan fingerprint density at radius 1 is 1.55 bits per heavy atom. The van der Waals surface area contributed by atoms with Crippen molar-refractivity contribution in [2.24, 2.45) is 0 Å². The lowest BCUT2D eigenvalue weighted by molar-refractivity contribution is -0.121. The molecule has 6 heteroatoms. The molecule has 112 valence electrons. The molecule has 0 spiro atoms. The molecular weight excluding hydrogens is 290 g/mol. The van der Waals surface area contributed by atoms with Crippen molar-refractivity contribution in [3.8, 4) is 0 Å². The molecule has 1 fully saturated rings. The number of carbonyl (C=O) groups excluding carboxylic acids is 1. The highest BCUT2D eigenvalue weighted by molar-refractivity contribution is 8.77. The number of hydrogen-bond donors (Lipinski definition) is 1. The van der Waals surface area contributed by atoms with Crippen molar-refractivity contribution in [1.29, 1.82) is 0 Å². The number of carbonyl (C=O) groups is 1. The van der Waals surface area contributed by atoms with Gasteiger partial charge in [-0.15, -0.1) is 0 Å². The molecule has 0 bridgehead atoms. The van der Waals surface area contributed by atoms with Crippen LogP contribution in [0.25, 0.3) is 0 Å². The summed E-state index contributed by atoms with van der Waals surface area (Å²) in [4.78, 5) is 15.9. The molecule has 1 aliphatic heterocycles. The lowest BCUT2D eigenvalue weighted by Crippen LogP contribution is -2.27. The molecule has 1 saturated heterocycles. The Morgan fingerprint density at radius 3 is 3.15 bits per heavy atom. The summed E-state index contributed by atoms with van der Waals surface area (Å²) in [5.41, 5.74) is 0.